The number of rotatable bonds is 30. The molecule has 0 radical (unpaired) electrons. The lowest BCUT2D eigenvalue weighted by molar-refractivity contribution is 0.174. The number of nitrogens with zero attached hydrogens (tertiary/aromatic N) is 1. The second-order valence-corrected chi connectivity index (χ2v) is 38.5. The van der Waals surface area contributed by atoms with Crippen molar-refractivity contribution in [1.29, 1.82) is 0 Å². The SMILES string of the molecule is C=S(C)(=O)c1ccc(COC)cc1.CNCc1cc(OC)c(OC)c(OC)c1.CNCc1ccc(C)c(OC)c1.CNCc1ccc(OCc2ccccc2)c(OC)c1.CNCc1ccc(S(C)(=O)=O)cc1.CNCc1ccc(S(N)(=O)=O)cc1.CNCc1ccc2c(c1)OCO2.CNS(=O)(=O)c1ccc(S(C)(=O)=O)cc1.COc1cc2c(cc1OC)CN(C)CC2. The van der Waals surface area contributed by atoms with Gasteiger partial charge in [-0.2, -0.15) is 0 Å². The van der Waals surface area contributed by atoms with Gasteiger partial charge in [-0.15, -0.1) is 0 Å². The van der Waals surface area contributed by atoms with E-state index in [1.165, 1.54) is 83.1 Å². The summed E-state index contributed by atoms with van der Waals surface area (Å²) in [5, 5.41) is 23.3. The summed E-state index contributed by atoms with van der Waals surface area (Å²) < 4.78 is 160. The largest absolute Gasteiger partial charge is 0.496 e. The van der Waals surface area contributed by atoms with Gasteiger partial charge < -0.3 is 88.9 Å². The second-order valence-electron chi connectivity index (χ2n) is 28.6. The second kappa shape index (κ2) is 56.1. The van der Waals surface area contributed by atoms with Crippen molar-refractivity contribution >= 4 is 55.1 Å². The quantitative estimate of drug-likeness (QED) is 0.0194. The number of likely N-dealkylation sites (N-methyl/N-ethyl adjacent to an activating group) is 1. The van der Waals surface area contributed by atoms with Gasteiger partial charge in [0.05, 0.1) is 76.0 Å². The first-order valence-corrected chi connectivity index (χ1v) is 48.8. The van der Waals surface area contributed by atoms with E-state index in [0.717, 1.165) is 131 Å². The van der Waals surface area contributed by atoms with E-state index in [-0.39, 0.29) is 14.7 Å². The van der Waals surface area contributed by atoms with Crippen LogP contribution in [0.25, 0.3) is 0 Å². The number of methoxy groups -OCH3 is 8. The molecule has 29 nitrogen and oxygen atoms in total. The van der Waals surface area contributed by atoms with Gasteiger partial charge in [0.2, 0.25) is 32.6 Å². The van der Waals surface area contributed by atoms with Gasteiger partial charge in [0.1, 0.15) is 12.4 Å². The summed E-state index contributed by atoms with van der Waals surface area (Å²) >= 11 is 0. The van der Waals surface area contributed by atoms with Gasteiger partial charge >= 0.3 is 0 Å². The van der Waals surface area contributed by atoms with Crippen LogP contribution < -0.4 is 89.1 Å². The number of hydrogen-bond donors (Lipinski definition) is 8. The third-order valence-corrected chi connectivity index (χ3v) is 24.3. The number of aryl methyl sites for hydroxylation is 1. The van der Waals surface area contributed by atoms with Crippen LogP contribution in [0.2, 0.25) is 0 Å². The highest BCUT2D eigenvalue weighted by molar-refractivity contribution is 7.99. The van der Waals surface area contributed by atoms with E-state index >= 15 is 0 Å². The first kappa shape index (κ1) is 109. The van der Waals surface area contributed by atoms with Gasteiger partial charge in [-0.3, -0.25) is 4.21 Å². The molecule has 2 heterocycles. The van der Waals surface area contributed by atoms with E-state index in [0.29, 0.717) is 48.7 Å². The van der Waals surface area contributed by atoms with Crippen molar-refractivity contribution in [3.63, 3.8) is 0 Å². The summed E-state index contributed by atoms with van der Waals surface area (Å²) in [6.07, 6.45) is 5.00. The Hall–Kier alpha value is -10.4. The molecule has 0 bridgehead atoms. The number of nitrogens with one attached hydrogen (secondary N) is 7. The standard InChI is InChI=1S/C16H19NO2.C12H17NO2.C11H17NO3.C10H15NO.C10H14O2S.C9H13NO2S.C9H11NO2.C8H12N2O2S.C8H11NO4S2/c1-17-11-14-8-9-15(16(10-14)18-2)19-12-13-6-4-3-5-7-13;1-13-5-4-9-6-11(14-2)12(15-3)7-10(9)8-13;1-12-7-8-5-9(13-2)11(15-4)10(6-8)14-3;1-8-4-5-9(7-11-2)6-10(8)12-3;1-12-8-9-4-6-10(7-5-9)13(2,3)11;1-10-7-8-3-5-9(6-4-8)13(2,11)12;1-10-5-7-2-3-8-9(4-7)12-6-11-8;1-10-6-7-2-4-8(5-3-7)13(9,11)12;1-9-15(12,13)8-5-3-7(4-6-8)14(2,10)11/h3-10,17H,11-12H2,1-2H3;6-7H,4-5,8H2,1-3H3;5-6,12H,7H2,1-4H3;4-6,11H,7H2,1-3H3;4-7H,2,8H2,1,3H3;3-6,10H,7H2,1-2H3;2-4,10H,5-6H2,1H3;2-5,10H,6H2,1H3,(H2,9,11,12);3-6,9H,1-2H3. The molecule has 1 atom stereocenters. The Kier molecular flexibility index (Phi) is 48.1. The summed E-state index contributed by atoms with van der Waals surface area (Å²) in [5.41, 5.74) is 13.0. The number of benzene rings is 10. The number of sulfonamides is 2. The van der Waals surface area contributed by atoms with Gasteiger partial charge in [-0.1, -0.05) is 91.0 Å². The minimum atomic E-state index is -3.55. The number of fused-ring (bicyclic) bond motifs is 2. The number of sulfone groups is 2. The smallest absolute Gasteiger partial charge is 0.240 e. The molecule has 0 saturated heterocycles. The summed E-state index contributed by atoms with van der Waals surface area (Å²) in [4.78, 5) is 3.75. The van der Waals surface area contributed by atoms with Crippen LogP contribution in [0, 0.1) is 6.92 Å². The van der Waals surface area contributed by atoms with Crippen molar-refractivity contribution in [2.24, 2.45) is 5.14 Å². The van der Waals surface area contributed by atoms with Crippen LogP contribution in [-0.2, 0) is 119 Å². The number of primary sulfonamides is 1. The summed E-state index contributed by atoms with van der Waals surface area (Å²) in [7, 11) is 12.5. The molecular formula is C93H129N9O20S5. The summed E-state index contributed by atoms with van der Waals surface area (Å²) in [5.74, 6) is 11.5. The van der Waals surface area contributed by atoms with Crippen LogP contribution in [0.5, 0.6) is 57.5 Å². The molecule has 10 aromatic carbocycles. The van der Waals surface area contributed by atoms with E-state index in [2.05, 4.69) is 84.8 Å². The lowest BCUT2D eigenvalue weighted by Gasteiger charge is -2.26. The van der Waals surface area contributed by atoms with Crippen molar-refractivity contribution in [1.82, 2.24) is 41.5 Å². The molecule has 127 heavy (non-hydrogen) atoms. The molecule has 0 spiro atoms. The first-order valence-electron chi connectivity index (χ1n) is 39.9. The average molecular weight is 1850 g/mol. The third-order valence-electron chi connectivity index (χ3n) is 18.5. The van der Waals surface area contributed by atoms with E-state index in [9.17, 15) is 37.9 Å². The molecule has 0 aromatic heterocycles. The molecular weight excluding hydrogens is 1720 g/mol. The van der Waals surface area contributed by atoms with Gasteiger partial charge in [-0.25, -0.2) is 43.5 Å². The highest BCUT2D eigenvalue weighted by atomic mass is 32.2. The molecule has 2 aliphatic heterocycles. The number of ether oxygens (including phenoxy) is 11. The van der Waals surface area contributed by atoms with Crippen molar-refractivity contribution in [3.05, 3.63) is 267 Å². The predicted molar refractivity (Wildman–Crippen MR) is 506 cm³/mol. The fourth-order valence-electron chi connectivity index (χ4n) is 11.9. The Balaban J connectivity index is 0.000000300. The Morgan fingerprint density at radius 3 is 1.20 bits per heavy atom. The normalized spacial score (nSPS) is 12.2. The van der Waals surface area contributed by atoms with E-state index in [4.69, 9.17) is 57.2 Å². The van der Waals surface area contributed by atoms with Gasteiger partial charge in [0, 0.05) is 83.1 Å². The van der Waals surface area contributed by atoms with Crippen LogP contribution >= 0.6 is 0 Å². The minimum absolute atomic E-state index is 0.0393. The molecule has 1 unspecified atom stereocenters. The van der Waals surface area contributed by atoms with Crippen LogP contribution in [0.1, 0.15) is 61.2 Å². The van der Waals surface area contributed by atoms with Crippen LogP contribution in [-0.4, -0.2) is 194 Å². The molecule has 696 valence electrons. The molecule has 10 aromatic rings. The van der Waals surface area contributed by atoms with Crippen molar-refractivity contribution in [2.75, 3.05) is 145 Å². The van der Waals surface area contributed by atoms with Gasteiger partial charge in [0.25, 0.3) is 0 Å². The maximum atomic E-state index is 11.5. The fourth-order valence-corrected chi connectivity index (χ4v) is 15.1. The van der Waals surface area contributed by atoms with Crippen LogP contribution in [0.15, 0.2) is 231 Å². The van der Waals surface area contributed by atoms with Crippen LogP contribution in [0.4, 0.5) is 0 Å². The van der Waals surface area contributed by atoms with Crippen molar-refractivity contribution in [2.45, 2.75) is 96.8 Å². The fraction of sp³-hybridized carbons (Fsp3) is 0.344. The van der Waals surface area contributed by atoms with Crippen molar-refractivity contribution < 1.29 is 90.0 Å². The Morgan fingerprint density at radius 1 is 0.378 bits per heavy atom. The van der Waals surface area contributed by atoms with E-state index < -0.39 is 49.2 Å². The van der Waals surface area contributed by atoms with Crippen LogP contribution in [0.3, 0.4) is 0 Å². The summed E-state index contributed by atoms with van der Waals surface area (Å²) in [6, 6.07) is 62.2. The molecule has 9 N–H and O–H groups in total. The monoisotopic (exact) mass is 1850 g/mol. The molecule has 0 aliphatic carbocycles. The molecule has 0 saturated carbocycles. The highest BCUT2D eigenvalue weighted by Crippen LogP contribution is 2.39. The zero-order valence-electron chi connectivity index (χ0n) is 76.6. The average Bonchev–Trinajstić information content (AvgIpc) is 1.77. The Bertz CT molecular complexity index is 5330. The lowest BCUT2D eigenvalue weighted by atomic mass is 9.99. The molecule has 0 fully saturated rings. The number of nitrogens with two attached hydrogens (primary N) is 1. The Morgan fingerprint density at radius 2 is 0.756 bits per heavy atom. The summed E-state index contributed by atoms with van der Waals surface area (Å²) in [6.45, 7) is 10.4. The maximum absolute atomic E-state index is 11.5. The lowest BCUT2D eigenvalue weighted by Crippen LogP contribution is -2.26. The zero-order chi connectivity index (χ0) is 94.3. The molecule has 0 amide bonds. The first-order chi connectivity index (χ1) is 60.4. The van der Waals surface area contributed by atoms with E-state index in [1.54, 1.807) is 87.4 Å². The molecule has 12 rings (SSSR count). The Labute approximate surface area is 754 Å². The van der Waals surface area contributed by atoms with Gasteiger partial charge in [-0.05, 0) is 262 Å². The topological polar surface area (TPSA) is 369 Å². The zero-order valence-corrected chi connectivity index (χ0v) is 80.6. The molecule has 34 heteroatoms. The maximum Gasteiger partial charge on any atom is 0.240 e. The third kappa shape index (κ3) is 38.6. The molecule has 2 aliphatic rings. The van der Waals surface area contributed by atoms with E-state index in [1.807, 2.05) is 164 Å². The van der Waals surface area contributed by atoms with Gasteiger partial charge in [0.15, 0.2) is 65.7 Å². The predicted octanol–water partition coefficient (Wildman–Crippen LogP) is 11.4. The van der Waals surface area contributed by atoms with Crippen molar-refractivity contribution in [3.8, 4) is 57.5 Å². The minimum Gasteiger partial charge on any atom is -0.496 e. The highest BCUT2D eigenvalue weighted by Gasteiger charge is 2.20. The number of hydrogen-bond acceptors (Lipinski definition) is 27.